The summed E-state index contributed by atoms with van der Waals surface area (Å²) in [5, 5.41) is 0. The van der Waals surface area contributed by atoms with Crippen molar-refractivity contribution in [3.8, 4) is 0 Å². The van der Waals surface area contributed by atoms with Gasteiger partial charge >= 0.3 is 753 Å². The summed E-state index contributed by atoms with van der Waals surface area (Å²) in [6.07, 6.45) is 10.1. The zero-order valence-electron chi connectivity index (χ0n) is 82.3. The number of benzene rings is 8. The molecule has 4 aliphatic heterocycles. The van der Waals surface area contributed by atoms with Crippen molar-refractivity contribution in [1.29, 1.82) is 0 Å². The minimum atomic E-state index is -0.593. The first-order valence-electron chi connectivity index (χ1n) is 43.5. The maximum absolute atomic E-state index is 3.41. The molecule has 2 saturated carbocycles. The van der Waals surface area contributed by atoms with Crippen molar-refractivity contribution in [1.82, 2.24) is 0 Å². The Morgan fingerprint density at radius 2 is 0.540 bits per heavy atom. The molecule has 0 radical (unpaired) electrons. The SMILES string of the molecule is C.CC(C)(C)c1cccc(N(c2cccc(C(C)(C)C)c2)c2cc(N3c4ccccc4C4(C)CCCCC34C)cc(C(C)(C)C)c2)c1.CC(C)(C)c1cccc(N2c3cc(C(C)(C)C)ccc3B3c4cccc5c4N(c4cc(C(C)(C)C)cc2c43)C2(C)CCCCC52C)c1.II(I)I(I)I(I)I(I)I(I)I(I)I(I)I(I)I(I)I(I)I(I)I(I)I(I)I(I)I(I)I(I)I(I)I(I)I(I)I(I)I(I)I(I)I(I)I(I)I(I)I(I)I(I)I. The van der Waals surface area contributed by atoms with Gasteiger partial charge in [0.05, 0.1) is 11.1 Å². The number of hydrogen-bond donors (Lipinski definition) is 0. The van der Waals surface area contributed by atoms with Crippen LogP contribution in [0.4, 0.5) is 56.9 Å². The fourth-order valence-corrected chi connectivity index (χ4v) is 10500. The van der Waals surface area contributed by atoms with Crippen LogP contribution in [0.15, 0.2) is 164 Å². The molecule has 0 N–H and O–H groups in total. The Kier molecular flexibility index (Phi) is 79.7. The van der Waals surface area contributed by atoms with Crippen LogP contribution in [0, 0.1) is 0 Å². The van der Waals surface area contributed by atoms with E-state index in [-0.39, 0.29) is 68.5 Å². The normalized spacial score (nSPS) is 20.9. The van der Waals surface area contributed by atoms with Crippen LogP contribution in [0.5, 0.6) is 0 Å². The molecular formula is C89H113BI56N4. The molecule has 0 saturated heterocycles. The molecule has 2 aliphatic carbocycles. The Balaban J connectivity index is 0.000000213. The fraction of sp³-hybridized carbons (Fsp3) is 0.461. The molecule has 8 aromatic rings. The van der Waals surface area contributed by atoms with Gasteiger partial charge in [0.25, 0.3) is 6.71 Å². The molecule has 2 fully saturated rings. The van der Waals surface area contributed by atoms with Crippen molar-refractivity contribution in [3.05, 3.63) is 208 Å². The molecule has 150 heavy (non-hydrogen) atoms. The fourth-order valence-electron chi connectivity index (χ4n) is 18.4. The standard InChI is InChI=1S/C44H53BN2.C44H56N2.CH4.I56/c1-40(2,3)28-16-14-17-31(24-28)46-35-25-29(41(4,5)6)20-21-33(35)45-34-19-15-18-32-39(34)47(44(11)23-13-12-22-43(32,44)10)37-27-30(42(7,8)9)26-36(46)38(37)45;1-40(2,3)31-18-16-20-34(26-31)45(35-21-17-19-32(27-35)41(4,5)6)36-28-33(42(7,8)9)29-37(30-36)46-39-23-13-12-22-38(39)43(10)24-14-15-25-44(43,46)11;;1-30(2)32(5)34(7)36(9)38(11)40(13)42(15)44(17)46(19)48(21)50(23)52(25)54(27)56(29)55(28)53(26)51(24)49(22)47(20)45(18)43(16)41(14)39(12)37(10)35(8)33(6)31(3)4/h14-21,24-27H,12-13,22-23H2,1-11H3;12-13,16-23,26-30H,14-15,24-25H2,1-11H3;1H4;. The molecule has 8 aromatic carbocycles. The van der Waals surface area contributed by atoms with Gasteiger partial charge in [0.2, 0.25) is 0 Å². The Morgan fingerprint density at radius 1 is 0.247 bits per heavy atom. The molecule has 0 bridgehead atoms. The van der Waals surface area contributed by atoms with E-state index in [1.165, 1.54) is 164 Å². The van der Waals surface area contributed by atoms with E-state index in [0.29, 0.717) is 0 Å². The number of anilines is 10. The second-order valence-electron chi connectivity index (χ2n) is 40.6. The van der Waals surface area contributed by atoms with Gasteiger partial charge < -0.3 is 19.6 Å². The zero-order chi connectivity index (χ0) is 111. The molecule has 4 nitrogen and oxygen atoms in total. The number of rotatable bonds is 31. The van der Waals surface area contributed by atoms with Gasteiger partial charge in [0.15, 0.2) is 0 Å². The van der Waals surface area contributed by atoms with Crippen LogP contribution < -0.4 is 36.0 Å². The number of fused-ring (bicyclic) bond motifs is 10. The summed E-state index contributed by atoms with van der Waals surface area (Å²) < 4.78 is 0. The maximum atomic E-state index is 3.41. The van der Waals surface area contributed by atoms with E-state index in [4.69, 9.17) is 0 Å². The predicted octanol–water partition coefficient (Wildman–Crippen LogP) is 73.0. The zero-order valence-corrected chi connectivity index (χ0v) is 203. The third kappa shape index (κ3) is 40.8. The predicted molar refractivity (Wildman–Crippen MR) is 1200 cm³/mol. The van der Waals surface area contributed by atoms with E-state index in [0.717, 1.165) is 0 Å². The third-order valence-electron chi connectivity index (χ3n) is 26.0. The Hall–Kier alpha value is 33.9. The van der Waals surface area contributed by atoms with Crippen molar-refractivity contribution >= 4 is 833 Å². The van der Waals surface area contributed by atoms with Crippen molar-refractivity contribution in [2.24, 2.45) is 0 Å². The van der Waals surface area contributed by atoms with Crippen molar-refractivity contribution in [2.45, 2.75) is 266 Å². The molecule has 4 atom stereocenters. The number of nitrogens with zero attached hydrogens (tertiary/aromatic N) is 4. The van der Waals surface area contributed by atoms with Crippen LogP contribution in [0.25, 0.3) is 0 Å². The summed E-state index contributed by atoms with van der Waals surface area (Å²) in [4.78, 5) is 10.7. The second-order valence-corrected chi connectivity index (χ2v) is 1360. The molecule has 61 heteroatoms. The summed E-state index contributed by atoms with van der Waals surface area (Å²) in [6.45, 7) is 52.5. The van der Waals surface area contributed by atoms with Gasteiger partial charge in [-0.1, -0.05) is 257 Å². The third-order valence-corrected chi connectivity index (χ3v) is 4320. The molecular weight excluding hydrogens is 8240 g/mol. The summed E-state index contributed by atoms with van der Waals surface area (Å²) in [5.41, 5.74) is 29.3. The summed E-state index contributed by atoms with van der Waals surface area (Å²) in [6, 6.07) is 64.2. The van der Waals surface area contributed by atoms with Gasteiger partial charge in [-0.3, -0.25) is 0 Å². The molecule has 14 rings (SSSR count). The van der Waals surface area contributed by atoms with Crippen LogP contribution in [0.2, 0.25) is 0 Å². The van der Waals surface area contributed by atoms with Gasteiger partial charge in [-0.2, -0.15) is 0 Å². The van der Waals surface area contributed by atoms with E-state index in [9.17, 15) is 0 Å². The molecule has 0 amide bonds. The van der Waals surface area contributed by atoms with Gasteiger partial charge in [0, 0.05) is 67.7 Å². The molecule has 6 aliphatic rings. The average Bonchev–Trinajstić information content (AvgIpc) is 1.50. The van der Waals surface area contributed by atoms with Crippen molar-refractivity contribution in [3.63, 3.8) is 0 Å². The quantitative estimate of drug-likeness (QED) is 0.0317. The van der Waals surface area contributed by atoms with E-state index < -0.39 is 213 Å². The van der Waals surface area contributed by atoms with Crippen LogP contribution in [0.3, 0.4) is 0 Å². The molecule has 4 unspecified atom stereocenters. The number of halogens is 56. The summed E-state index contributed by atoms with van der Waals surface area (Å²) in [5.74, 6) is 0. The van der Waals surface area contributed by atoms with E-state index >= 15 is 0 Å². The number of hydrogen-bond acceptors (Lipinski definition) is 4. The Morgan fingerprint density at radius 3 is 0.920 bits per heavy atom. The van der Waals surface area contributed by atoms with Crippen LogP contribution in [-0.2, 0) is 43.3 Å². The van der Waals surface area contributed by atoms with Crippen LogP contribution in [-0.4, -0.2) is 17.8 Å². The van der Waals surface area contributed by atoms with E-state index in [1.807, 2.05) is 0 Å². The average molecular weight is 8360 g/mol. The van der Waals surface area contributed by atoms with Crippen molar-refractivity contribution in [2.75, 3.05) is 19.6 Å². The summed E-state index contributed by atoms with van der Waals surface area (Å²) >= 11 is 95.4. The first kappa shape index (κ1) is 164. The minimum absolute atomic E-state index is 0. The summed E-state index contributed by atoms with van der Waals surface area (Å²) in [7, 11) is -14.8. The first-order valence-corrected chi connectivity index (χ1v) is 389. The molecule has 4 heterocycles. The van der Waals surface area contributed by atoms with E-state index in [2.05, 4.69) is 876 Å². The van der Waals surface area contributed by atoms with Gasteiger partial charge in [-0.15, -0.1) is 0 Å². The van der Waals surface area contributed by atoms with Crippen molar-refractivity contribution < 1.29 is 0 Å². The van der Waals surface area contributed by atoms with Gasteiger partial charge in [-0.05, 0) is 212 Å². The van der Waals surface area contributed by atoms with Gasteiger partial charge in [-0.25, -0.2) is 0 Å². The Labute approximate surface area is 1280 Å². The molecule has 884 valence electrons. The van der Waals surface area contributed by atoms with E-state index in [1.54, 1.807) is 5.56 Å². The monoisotopic (exact) mass is 8360 g/mol. The topological polar surface area (TPSA) is 13.0 Å². The molecule has 0 aromatic heterocycles. The molecule has 0 spiro atoms. The number of para-hydroxylation sites is 2. The van der Waals surface area contributed by atoms with Crippen LogP contribution in [0.1, 0.15) is 256 Å². The van der Waals surface area contributed by atoms with Gasteiger partial charge in [0.1, 0.15) is 0 Å². The second kappa shape index (κ2) is 73.0. The first-order chi connectivity index (χ1) is 68.8. The Bertz CT molecular complexity index is 5810. The van der Waals surface area contributed by atoms with Crippen LogP contribution >= 0.6 is 753 Å².